The van der Waals surface area contributed by atoms with Crippen molar-refractivity contribution in [2.24, 2.45) is 0 Å². The van der Waals surface area contributed by atoms with Crippen LogP contribution in [0.4, 0.5) is 0 Å². The van der Waals surface area contributed by atoms with E-state index >= 15 is 0 Å². The summed E-state index contributed by atoms with van der Waals surface area (Å²) >= 11 is 0. The molecule has 50 heavy (non-hydrogen) atoms. The summed E-state index contributed by atoms with van der Waals surface area (Å²) in [6.07, 6.45) is 0. The Hall–Kier alpha value is -3.82. The molecule has 0 spiro atoms. The molecule has 0 bridgehead atoms. The molecule has 0 saturated heterocycles. The van der Waals surface area contributed by atoms with Crippen LogP contribution in [0.5, 0.6) is 17.2 Å². The Kier molecular flexibility index (Phi) is 9.54. The second-order valence-corrected chi connectivity index (χ2v) is 19.1. The van der Waals surface area contributed by atoms with Crippen LogP contribution in [-0.2, 0) is 21.7 Å². The van der Waals surface area contributed by atoms with Crippen LogP contribution in [0, 0.1) is 20.8 Å². The highest BCUT2D eigenvalue weighted by Crippen LogP contribution is 2.51. The largest absolute Gasteiger partial charge is 0.507 e. The fourth-order valence-electron chi connectivity index (χ4n) is 6.67. The highest BCUT2D eigenvalue weighted by Gasteiger charge is 2.30. The van der Waals surface area contributed by atoms with Crippen molar-refractivity contribution < 1.29 is 22.8 Å². The Balaban J connectivity index is 1.98. The predicted octanol–water partition coefficient (Wildman–Crippen LogP) is 13.6. The van der Waals surface area contributed by atoms with E-state index in [0.29, 0.717) is 17.1 Å². The Morgan fingerprint density at radius 3 is 1.36 bits per heavy atom. The van der Waals surface area contributed by atoms with E-state index in [1.165, 1.54) is 0 Å². The lowest BCUT2D eigenvalue weighted by Gasteiger charge is -2.27. The fourth-order valence-corrected chi connectivity index (χ4v) is 7.82. The summed E-state index contributed by atoms with van der Waals surface area (Å²) in [5.41, 5.74) is 9.26. The first kappa shape index (κ1) is 37.4. The topological polar surface area (TPSA) is 65.0 Å². The van der Waals surface area contributed by atoms with Gasteiger partial charge >= 0.3 is 8.24 Å². The normalized spacial score (nSPS) is 12.9. The summed E-state index contributed by atoms with van der Waals surface area (Å²) in [7, 11) is -0.380. The Bertz CT molecular complexity index is 2060. The number of aromatic hydroxyl groups is 1. The van der Waals surface area contributed by atoms with Gasteiger partial charge in [-0.1, -0.05) is 101 Å². The van der Waals surface area contributed by atoms with Gasteiger partial charge in [0.05, 0.1) is 7.11 Å². The molecule has 4 aromatic carbocycles. The summed E-state index contributed by atoms with van der Waals surface area (Å²) in [5.74, 6) is 1.49. The SMILES string of the molecule is COc1cc(-c2cc(C)cc(C(C)(C)C)c2Op2oc3c(C(C)(C)C)cc(C)cc3c3cc(C)cc(C(C)(C)C)c3o2)c(O)c(C(C)(C)C)c1. The molecule has 1 aromatic heterocycles. The van der Waals surface area contributed by atoms with Gasteiger partial charge in [0, 0.05) is 44.2 Å². The molecule has 1 heterocycles. The quantitative estimate of drug-likeness (QED) is 0.203. The highest BCUT2D eigenvalue weighted by molar-refractivity contribution is 7.32. The van der Waals surface area contributed by atoms with Crippen molar-refractivity contribution in [2.75, 3.05) is 7.11 Å². The van der Waals surface area contributed by atoms with E-state index in [-0.39, 0.29) is 27.4 Å². The van der Waals surface area contributed by atoms with Crippen LogP contribution < -0.4 is 9.26 Å². The molecule has 6 heteroatoms. The molecule has 5 rings (SSSR count). The summed E-state index contributed by atoms with van der Waals surface area (Å²) in [6, 6.07) is 16.9. The first-order valence-electron chi connectivity index (χ1n) is 17.6. The van der Waals surface area contributed by atoms with Crippen molar-refractivity contribution in [1.82, 2.24) is 0 Å². The zero-order valence-electron chi connectivity index (χ0n) is 33.1. The van der Waals surface area contributed by atoms with Gasteiger partial charge in [0.2, 0.25) is 0 Å². The third kappa shape index (κ3) is 7.31. The molecule has 0 saturated carbocycles. The second kappa shape index (κ2) is 12.7. The maximum atomic E-state index is 12.0. The van der Waals surface area contributed by atoms with Crippen LogP contribution in [0.25, 0.3) is 33.1 Å². The average Bonchev–Trinajstić information content (AvgIpc) is 3.11. The minimum atomic E-state index is -2.04. The summed E-state index contributed by atoms with van der Waals surface area (Å²) in [5, 5.41) is 14.0. The van der Waals surface area contributed by atoms with E-state index in [9.17, 15) is 5.11 Å². The van der Waals surface area contributed by atoms with Gasteiger partial charge in [0.15, 0.2) is 0 Å². The van der Waals surface area contributed by atoms with Gasteiger partial charge in [0.1, 0.15) is 28.4 Å². The van der Waals surface area contributed by atoms with E-state index in [4.69, 9.17) is 17.7 Å². The van der Waals surface area contributed by atoms with Crippen molar-refractivity contribution in [3.05, 3.63) is 87.5 Å². The lowest BCUT2D eigenvalue weighted by molar-refractivity contribution is 0.406. The van der Waals surface area contributed by atoms with Gasteiger partial charge in [-0.3, -0.25) is 0 Å². The molecule has 0 aliphatic carbocycles. The van der Waals surface area contributed by atoms with Gasteiger partial charge in [-0.15, -0.1) is 0 Å². The molecule has 0 fully saturated rings. The first-order chi connectivity index (χ1) is 22.9. The van der Waals surface area contributed by atoms with Crippen molar-refractivity contribution in [1.29, 1.82) is 0 Å². The summed E-state index contributed by atoms with van der Waals surface area (Å²) < 4.78 is 27.0. The van der Waals surface area contributed by atoms with Crippen molar-refractivity contribution in [2.45, 2.75) is 126 Å². The third-order valence-electron chi connectivity index (χ3n) is 9.33. The molecule has 0 atom stereocenters. The van der Waals surface area contributed by atoms with E-state index in [1.807, 2.05) is 12.1 Å². The van der Waals surface area contributed by atoms with Gasteiger partial charge in [0.25, 0.3) is 0 Å². The third-order valence-corrected chi connectivity index (χ3v) is 10.3. The van der Waals surface area contributed by atoms with Crippen molar-refractivity contribution >= 4 is 30.2 Å². The number of ether oxygens (including phenoxy) is 1. The summed E-state index contributed by atoms with van der Waals surface area (Å²) in [4.78, 5) is 0. The van der Waals surface area contributed by atoms with Crippen LogP contribution in [0.1, 0.15) is 122 Å². The summed E-state index contributed by atoms with van der Waals surface area (Å²) in [6.45, 7) is 32.5. The molecule has 1 N–H and O–H groups in total. The molecule has 0 aliphatic rings. The standard InChI is InChI=1S/C44H57O5P/c1-25-17-30(29-23-28(46-16)24-33(37(29)45)41(4,5)6)38(34(20-25)42(7,8)9)47-50-48-39-31(18-26(2)21-35(39)43(10,11)12)32-19-27(3)22-36(40(32)49-50)44(13,14)15/h17-24,45H,1-16H3. The van der Waals surface area contributed by atoms with Gasteiger partial charge in [-0.25, -0.2) is 0 Å². The second-order valence-electron chi connectivity index (χ2n) is 18.1. The molecular formula is C44H57O5P. The van der Waals surface area contributed by atoms with Crippen molar-refractivity contribution in [3.63, 3.8) is 0 Å². The maximum Gasteiger partial charge on any atom is 0.453 e. The number of rotatable bonds is 4. The van der Waals surface area contributed by atoms with Gasteiger partial charge in [-0.05, 0) is 89.5 Å². The lowest BCUT2D eigenvalue weighted by Crippen LogP contribution is -2.14. The smallest absolute Gasteiger partial charge is 0.453 e. The Morgan fingerprint density at radius 2 is 0.940 bits per heavy atom. The number of methoxy groups -OCH3 is 1. The molecule has 0 unspecified atom stereocenters. The zero-order valence-corrected chi connectivity index (χ0v) is 34.0. The number of aryl methyl sites for hydroxylation is 3. The average molecular weight is 697 g/mol. The minimum absolute atomic E-state index is 0.204. The van der Waals surface area contributed by atoms with Crippen LogP contribution in [0.15, 0.2) is 56.9 Å². The van der Waals surface area contributed by atoms with Crippen molar-refractivity contribution in [3.8, 4) is 28.4 Å². The molecule has 268 valence electrons. The monoisotopic (exact) mass is 696 g/mol. The van der Waals surface area contributed by atoms with E-state index in [2.05, 4.69) is 140 Å². The van der Waals surface area contributed by atoms with E-state index in [0.717, 1.165) is 66.4 Å². The highest BCUT2D eigenvalue weighted by atomic mass is 31.1. The predicted molar refractivity (Wildman–Crippen MR) is 211 cm³/mol. The van der Waals surface area contributed by atoms with Crippen LogP contribution in [0.3, 0.4) is 0 Å². The number of benzene rings is 4. The number of hydrogen-bond donors (Lipinski definition) is 1. The minimum Gasteiger partial charge on any atom is -0.507 e. The van der Waals surface area contributed by atoms with Gasteiger partial charge < -0.3 is 22.8 Å². The van der Waals surface area contributed by atoms with Crippen LogP contribution in [-0.4, -0.2) is 12.2 Å². The number of phenols is 1. The first-order valence-corrected chi connectivity index (χ1v) is 18.7. The van der Waals surface area contributed by atoms with Crippen LogP contribution >= 0.6 is 8.24 Å². The van der Waals surface area contributed by atoms with E-state index < -0.39 is 8.24 Å². The fraction of sp³-hybridized carbons (Fsp3) is 0.455. The Morgan fingerprint density at radius 1 is 0.520 bits per heavy atom. The molecule has 0 aliphatic heterocycles. The molecule has 0 radical (unpaired) electrons. The van der Waals surface area contributed by atoms with E-state index in [1.54, 1.807) is 7.11 Å². The van der Waals surface area contributed by atoms with Crippen LogP contribution in [0.2, 0.25) is 0 Å². The zero-order chi connectivity index (χ0) is 37.3. The molecule has 0 amide bonds. The molecule has 5 nitrogen and oxygen atoms in total. The Labute approximate surface area is 300 Å². The number of fused-ring (bicyclic) bond motifs is 3. The molecular weight excluding hydrogens is 639 g/mol. The van der Waals surface area contributed by atoms with Gasteiger partial charge in [-0.2, -0.15) is 0 Å². The maximum absolute atomic E-state index is 12.0. The lowest BCUT2D eigenvalue weighted by atomic mass is 9.81. The number of hydrogen-bond acceptors (Lipinski definition) is 5. The molecule has 5 aromatic rings. The number of phenolic OH excluding ortho intramolecular Hbond substituents is 1.